The maximum absolute atomic E-state index is 13.7. The van der Waals surface area contributed by atoms with E-state index in [0.717, 1.165) is 5.82 Å². The molecular formula is C20H27FN6O2S. The fourth-order valence-corrected chi connectivity index (χ4v) is 4.54. The number of halogens is 1. The second kappa shape index (κ2) is 10.4. The summed E-state index contributed by atoms with van der Waals surface area (Å²) in [6.07, 6.45) is 1.73. The second-order valence-corrected chi connectivity index (χ2v) is 8.92. The van der Waals surface area contributed by atoms with E-state index < -0.39 is 10.0 Å². The zero-order valence-electron chi connectivity index (χ0n) is 17.0. The second-order valence-electron chi connectivity index (χ2n) is 6.83. The highest BCUT2D eigenvalue weighted by molar-refractivity contribution is 7.89. The highest BCUT2D eigenvalue weighted by Crippen LogP contribution is 2.14. The van der Waals surface area contributed by atoms with Crippen LogP contribution in [0.15, 0.2) is 53.7 Å². The summed E-state index contributed by atoms with van der Waals surface area (Å²) in [5.41, 5.74) is 0.513. The Labute approximate surface area is 176 Å². The Bertz CT molecular complexity index is 947. The summed E-state index contributed by atoms with van der Waals surface area (Å²) in [4.78, 5) is 10.5. The summed E-state index contributed by atoms with van der Waals surface area (Å²) in [5, 5.41) is 5.97. The molecular weight excluding hydrogens is 407 g/mol. The topological polar surface area (TPSA) is 89.9 Å². The third kappa shape index (κ3) is 5.90. The number of benzene rings is 1. The summed E-state index contributed by atoms with van der Waals surface area (Å²) in [6, 6.07) is 12.2. The summed E-state index contributed by atoms with van der Waals surface area (Å²) in [6.45, 7) is 2.54. The fourth-order valence-electron chi connectivity index (χ4n) is 3.21. The highest BCUT2D eigenvalue weighted by atomic mass is 32.2. The van der Waals surface area contributed by atoms with Gasteiger partial charge in [-0.1, -0.05) is 24.3 Å². The number of hydrogen-bond acceptors (Lipinski definition) is 5. The molecule has 1 aromatic carbocycles. The minimum absolute atomic E-state index is 0.0447. The molecule has 0 unspecified atom stereocenters. The molecule has 0 spiro atoms. The quantitative estimate of drug-likeness (QED) is 0.500. The van der Waals surface area contributed by atoms with E-state index in [2.05, 4.69) is 25.5 Å². The number of aliphatic imine (C=N–C) groups is 1. The molecule has 2 aromatic rings. The molecule has 0 bridgehead atoms. The van der Waals surface area contributed by atoms with Gasteiger partial charge in [-0.15, -0.1) is 0 Å². The van der Waals surface area contributed by atoms with Crippen molar-refractivity contribution in [3.05, 3.63) is 60.0 Å². The first kappa shape index (κ1) is 22.0. The predicted octanol–water partition coefficient (Wildman–Crippen LogP) is 1.04. The van der Waals surface area contributed by atoms with Crippen LogP contribution in [0, 0.1) is 5.82 Å². The van der Waals surface area contributed by atoms with Gasteiger partial charge in [-0.3, -0.25) is 4.99 Å². The normalized spacial score (nSPS) is 15.8. The minimum atomic E-state index is -3.39. The Hall–Kier alpha value is -2.72. The van der Waals surface area contributed by atoms with Crippen LogP contribution in [-0.2, 0) is 16.6 Å². The SMILES string of the molecule is CN=C(NCCS(=O)(=O)N1CCN(c2ccccn2)CC1)NCc1ccccc1F. The Kier molecular flexibility index (Phi) is 7.58. The van der Waals surface area contributed by atoms with Crippen LogP contribution in [-0.4, -0.2) is 69.2 Å². The van der Waals surface area contributed by atoms with Crippen LogP contribution in [0.4, 0.5) is 10.2 Å². The largest absolute Gasteiger partial charge is 0.355 e. The number of pyridine rings is 1. The summed E-state index contributed by atoms with van der Waals surface area (Å²) < 4.78 is 40.5. The first-order chi connectivity index (χ1) is 14.5. The average molecular weight is 435 g/mol. The van der Waals surface area contributed by atoms with E-state index in [9.17, 15) is 12.8 Å². The molecule has 8 nitrogen and oxygen atoms in total. The monoisotopic (exact) mass is 434 g/mol. The van der Waals surface area contributed by atoms with Gasteiger partial charge in [0.25, 0.3) is 0 Å². The lowest BCUT2D eigenvalue weighted by molar-refractivity contribution is 0.384. The van der Waals surface area contributed by atoms with Crippen molar-refractivity contribution in [3.8, 4) is 0 Å². The van der Waals surface area contributed by atoms with E-state index in [1.165, 1.54) is 10.4 Å². The number of aromatic nitrogens is 1. The van der Waals surface area contributed by atoms with Gasteiger partial charge >= 0.3 is 0 Å². The van der Waals surface area contributed by atoms with Crippen molar-refractivity contribution in [1.29, 1.82) is 0 Å². The Morgan fingerprint density at radius 3 is 2.50 bits per heavy atom. The van der Waals surface area contributed by atoms with Crippen LogP contribution in [0.1, 0.15) is 5.56 Å². The lowest BCUT2D eigenvalue weighted by atomic mass is 10.2. The van der Waals surface area contributed by atoms with E-state index in [-0.39, 0.29) is 24.7 Å². The molecule has 0 atom stereocenters. The van der Waals surface area contributed by atoms with Crippen molar-refractivity contribution >= 4 is 21.8 Å². The van der Waals surface area contributed by atoms with Gasteiger partial charge in [0, 0.05) is 58.1 Å². The average Bonchev–Trinajstić information content (AvgIpc) is 2.78. The number of piperazine rings is 1. The van der Waals surface area contributed by atoms with Gasteiger partial charge in [-0.2, -0.15) is 4.31 Å². The minimum Gasteiger partial charge on any atom is -0.355 e. The maximum atomic E-state index is 13.7. The molecule has 1 saturated heterocycles. The third-order valence-electron chi connectivity index (χ3n) is 4.89. The number of nitrogens with one attached hydrogen (secondary N) is 2. The molecule has 0 amide bonds. The molecule has 1 aromatic heterocycles. The zero-order valence-corrected chi connectivity index (χ0v) is 17.8. The highest BCUT2D eigenvalue weighted by Gasteiger charge is 2.27. The van der Waals surface area contributed by atoms with E-state index >= 15 is 0 Å². The maximum Gasteiger partial charge on any atom is 0.215 e. The molecule has 0 radical (unpaired) electrons. The Balaban J connectivity index is 1.44. The molecule has 3 rings (SSSR count). The summed E-state index contributed by atoms with van der Waals surface area (Å²) in [7, 11) is -1.80. The molecule has 10 heteroatoms. The van der Waals surface area contributed by atoms with Crippen molar-refractivity contribution < 1.29 is 12.8 Å². The van der Waals surface area contributed by atoms with Gasteiger partial charge < -0.3 is 15.5 Å². The van der Waals surface area contributed by atoms with Gasteiger partial charge in [0.1, 0.15) is 11.6 Å². The molecule has 0 saturated carbocycles. The summed E-state index contributed by atoms with van der Waals surface area (Å²) in [5.74, 6) is 0.944. The van der Waals surface area contributed by atoms with Gasteiger partial charge in [0.2, 0.25) is 10.0 Å². The Morgan fingerprint density at radius 1 is 1.10 bits per heavy atom. The van der Waals surface area contributed by atoms with Gasteiger partial charge in [0.15, 0.2) is 5.96 Å². The lowest BCUT2D eigenvalue weighted by Crippen LogP contribution is -2.50. The van der Waals surface area contributed by atoms with Crippen molar-refractivity contribution in [1.82, 2.24) is 19.9 Å². The molecule has 1 aliphatic rings. The number of rotatable bonds is 7. The Morgan fingerprint density at radius 2 is 1.83 bits per heavy atom. The van der Waals surface area contributed by atoms with E-state index in [1.807, 2.05) is 18.2 Å². The van der Waals surface area contributed by atoms with Crippen molar-refractivity contribution in [2.24, 2.45) is 4.99 Å². The number of hydrogen-bond donors (Lipinski definition) is 2. The number of guanidine groups is 1. The number of anilines is 1. The van der Waals surface area contributed by atoms with E-state index in [4.69, 9.17) is 0 Å². The molecule has 0 aliphatic carbocycles. The van der Waals surface area contributed by atoms with Crippen LogP contribution in [0.3, 0.4) is 0 Å². The zero-order chi connectivity index (χ0) is 21.4. The molecule has 2 heterocycles. The molecule has 30 heavy (non-hydrogen) atoms. The first-order valence-corrected chi connectivity index (χ1v) is 11.4. The molecule has 1 fully saturated rings. The van der Waals surface area contributed by atoms with Crippen LogP contribution >= 0.6 is 0 Å². The standard InChI is InChI=1S/C20H27FN6O2S/c1-22-20(25-16-17-6-2-3-7-18(17)21)24-10-15-30(28,29)27-13-11-26(12-14-27)19-8-4-5-9-23-19/h2-9H,10-16H2,1H3,(H2,22,24,25). The number of sulfonamides is 1. The van der Waals surface area contributed by atoms with Gasteiger partial charge in [-0.25, -0.2) is 17.8 Å². The van der Waals surface area contributed by atoms with Crippen LogP contribution in [0.2, 0.25) is 0 Å². The van der Waals surface area contributed by atoms with Gasteiger partial charge in [-0.05, 0) is 18.2 Å². The van der Waals surface area contributed by atoms with Gasteiger partial charge in [0.05, 0.1) is 5.75 Å². The van der Waals surface area contributed by atoms with E-state index in [1.54, 1.807) is 31.4 Å². The summed E-state index contributed by atoms with van der Waals surface area (Å²) >= 11 is 0. The van der Waals surface area contributed by atoms with E-state index in [0.29, 0.717) is 37.7 Å². The van der Waals surface area contributed by atoms with Crippen molar-refractivity contribution in [2.45, 2.75) is 6.54 Å². The molecule has 1 aliphatic heterocycles. The van der Waals surface area contributed by atoms with Crippen LogP contribution in [0.25, 0.3) is 0 Å². The smallest absolute Gasteiger partial charge is 0.215 e. The third-order valence-corrected chi connectivity index (χ3v) is 6.76. The van der Waals surface area contributed by atoms with Crippen molar-refractivity contribution in [3.63, 3.8) is 0 Å². The fraction of sp³-hybridized carbons (Fsp3) is 0.400. The predicted molar refractivity (Wildman–Crippen MR) is 116 cm³/mol. The first-order valence-electron chi connectivity index (χ1n) is 9.81. The molecule has 162 valence electrons. The van der Waals surface area contributed by atoms with Crippen LogP contribution in [0.5, 0.6) is 0 Å². The van der Waals surface area contributed by atoms with Crippen molar-refractivity contribution in [2.75, 3.05) is 50.4 Å². The van der Waals surface area contributed by atoms with Crippen LogP contribution < -0.4 is 15.5 Å². The molecule has 2 N–H and O–H groups in total. The lowest BCUT2D eigenvalue weighted by Gasteiger charge is -2.34. The number of nitrogens with zero attached hydrogens (tertiary/aromatic N) is 4.